The molecule has 1 aromatic heterocycles. The number of anilines is 2. The molecule has 0 aliphatic carbocycles. The topological polar surface area (TPSA) is 68.0 Å². The van der Waals surface area contributed by atoms with Gasteiger partial charge in [-0.05, 0) is 53.5 Å². The number of pyridine rings is 1. The van der Waals surface area contributed by atoms with Crippen LogP contribution >= 0.6 is 15.9 Å². The van der Waals surface area contributed by atoms with E-state index in [-0.39, 0.29) is 5.91 Å². The van der Waals surface area contributed by atoms with E-state index in [1.165, 1.54) is 0 Å². The van der Waals surface area contributed by atoms with Crippen LogP contribution in [0.15, 0.2) is 34.9 Å². The zero-order chi connectivity index (χ0) is 14.0. The quantitative estimate of drug-likeness (QED) is 0.659. The summed E-state index contributed by atoms with van der Waals surface area (Å²) in [7, 11) is 0. The van der Waals surface area contributed by atoms with Crippen molar-refractivity contribution in [2.75, 3.05) is 11.1 Å². The summed E-state index contributed by atoms with van der Waals surface area (Å²) in [6, 6.07) is 8.99. The van der Waals surface area contributed by atoms with Crippen molar-refractivity contribution in [2.45, 2.75) is 13.8 Å². The molecule has 1 amide bonds. The first-order valence-corrected chi connectivity index (χ1v) is 6.58. The summed E-state index contributed by atoms with van der Waals surface area (Å²) in [6.45, 7) is 3.69. The molecule has 0 aliphatic rings. The summed E-state index contributed by atoms with van der Waals surface area (Å²) in [5.74, 6) is -0.220. The summed E-state index contributed by atoms with van der Waals surface area (Å²) in [5.41, 5.74) is 9.10. The second-order valence-corrected chi connectivity index (χ2v) is 5.07. The average Bonchev–Trinajstić information content (AvgIpc) is 2.32. The van der Waals surface area contributed by atoms with Gasteiger partial charge < -0.3 is 11.1 Å². The number of amides is 1. The van der Waals surface area contributed by atoms with Crippen molar-refractivity contribution in [1.29, 1.82) is 0 Å². The van der Waals surface area contributed by atoms with Gasteiger partial charge in [-0.3, -0.25) is 4.79 Å². The van der Waals surface area contributed by atoms with E-state index in [1.54, 1.807) is 18.2 Å². The van der Waals surface area contributed by atoms with Gasteiger partial charge in [0.25, 0.3) is 5.91 Å². The zero-order valence-electron chi connectivity index (χ0n) is 10.7. The molecule has 98 valence electrons. The third-order valence-corrected chi connectivity index (χ3v) is 3.27. The first-order valence-electron chi connectivity index (χ1n) is 5.78. The molecule has 0 radical (unpaired) electrons. The van der Waals surface area contributed by atoms with Gasteiger partial charge in [0.2, 0.25) is 0 Å². The summed E-state index contributed by atoms with van der Waals surface area (Å²) in [5, 5.41) is 2.83. The van der Waals surface area contributed by atoms with Crippen molar-refractivity contribution in [2.24, 2.45) is 0 Å². The molecule has 0 atom stereocenters. The highest BCUT2D eigenvalue weighted by Crippen LogP contribution is 2.20. The van der Waals surface area contributed by atoms with Crippen LogP contribution in [0.25, 0.3) is 0 Å². The van der Waals surface area contributed by atoms with Crippen molar-refractivity contribution in [3.8, 4) is 0 Å². The molecule has 0 saturated carbocycles. The SMILES string of the molecule is Cc1cccc(N)c1C(=O)Nc1ccc(Br)nc1C. The van der Waals surface area contributed by atoms with E-state index in [2.05, 4.69) is 26.2 Å². The van der Waals surface area contributed by atoms with E-state index in [9.17, 15) is 4.79 Å². The molecule has 1 heterocycles. The Morgan fingerprint density at radius 1 is 1.26 bits per heavy atom. The van der Waals surface area contributed by atoms with Crippen LogP contribution in [0, 0.1) is 13.8 Å². The van der Waals surface area contributed by atoms with Crippen LogP contribution < -0.4 is 11.1 Å². The lowest BCUT2D eigenvalue weighted by molar-refractivity contribution is 0.102. The van der Waals surface area contributed by atoms with Crippen molar-refractivity contribution < 1.29 is 4.79 Å². The second-order valence-electron chi connectivity index (χ2n) is 4.26. The highest BCUT2D eigenvalue weighted by molar-refractivity contribution is 9.10. The minimum absolute atomic E-state index is 0.220. The van der Waals surface area contributed by atoms with Gasteiger partial charge >= 0.3 is 0 Å². The monoisotopic (exact) mass is 319 g/mol. The Bertz CT molecular complexity index is 620. The highest BCUT2D eigenvalue weighted by Gasteiger charge is 2.13. The van der Waals surface area contributed by atoms with Gasteiger partial charge in [0.15, 0.2) is 0 Å². The number of carbonyl (C=O) groups excluding carboxylic acids is 1. The molecule has 0 unspecified atom stereocenters. The average molecular weight is 320 g/mol. The lowest BCUT2D eigenvalue weighted by atomic mass is 10.1. The number of nitrogens with zero attached hydrogens (tertiary/aromatic N) is 1. The molecule has 2 aromatic rings. The molecular weight excluding hydrogens is 306 g/mol. The predicted octanol–water partition coefficient (Wildman–Crippen LogP) is 3.30. The standard InChI is InChI=1S/C14H14BrN3O/c1-8-4-3-5-10(16)13(8)14(19)18-11-6-7-12(15)17-9(11)2/h3-7H,16H2,1-2H3,(H,18,19). The molecule has 0 aliphatic heterocycles. The fraction of sp³-hybridized carbons (Fsp3) is 0.143. The summed E-state index contributed by atoms with van der Waals surface area (Å²) in [4.78, 5) is 16.5. The fourth-order valence-electron chi connectivity index (χ4n) is 1.85. The molecule has 19 heavy (non-hydrogen) atoms. The van der Waals surface area contributed by atoms with Crippen LogP contribution in [0.4, 0.5) is 11.4 Å². The molecule has 2 rings (SSSR count). The number of hydrogen-bond donors (Lipinski definition) is 2. The van der Waals surface area contributed by atoms with Gasteiger partial charge in [-0.1, -0.05) is 12.1 Å². The van der Waals surface area contributed by atoms with Gasteiger partial charge in [0, 0.05) is 5.69 Å². The Morgan fingerprint density at radius 3 is 2.63 bits per heavy atom. The molecular formula is C14H14BrN3O. The molecule has 1 aromatic carbocycles. The Labute approximate surface area is 120 Å². The van der Waals surface area contributed by atoms with Crippen LogP contribution in [0.1, 0.15) is 21.6 Å². The maximum Gasteiger partial charge on any atom is 0.258 e. The predicted molar refractivity (Wildman–Crippen MR) is 80.2 cm³/mol. The van der Waals surface area contributed by atoms with Crippen molar-refractivity contribution >= 4 is 33.2 Å². The Balaban J connectivity index is 2.31. The maximum atomic E-state index is 12.3. The van der Waals surface area contributed by atoms with Gasteiger partial charge in [0.05, 0.1) is 16.9 Å². The minimum atomic E-state index is -0.220. The normalized spacial score (nSPS) is 10.3. The first kappa shape index (κ1) is 13.5. The van der Waals surface area contributed by atoms with Crippen molar-refractivity contribution in [1.82, 2.24) is 4.98 Å². The lowest BCUT2D eigenvalue weighted by Gasteiger charge is -2.11. The van der Waals surface area contributed by atoms with Crippen LogP contribution in [0.2, 0.25) is 0 Å². The van der Waals surface area contributed by atoms with Crippen molar-refractivity contribution in [3.63, 3.8) is 0 Å². The molecule has 0 fully saturated rings. The van der Waals surface area contributed by atoms with E-state index in [4.69, 9.17) is 5.73 Å². The van der Waals surface area contributed by atoms with Crippen LogP contribution in [0.3, 0.4) is 0 Å². The summed E-state index contributed by atoms with van der Waals surface area (Å²) < 4.78 is 0.735. The maximum absolute atomic E-state index is 12.3. The molecule has 0 bridgehead atoms. The number of aryl methyl sites for hydroxylation is 2. The summed E-state index contributed by atoms with van der Waals surface area (Å²) in [6.07, 6.45) is 0. The van der Waals surface area contributed by atoms with Crippen LogP contribution in [0.5, 0.6) is 0 Å². The van der Waals surface area contributed by atoms with E-state index in [1.807, 2.05) is 26.0 Å². The number of nitrogen functional groups attached to an aromatic ring is 1. The minimum Gasteiger partial charge on any atom is -0.398 e. The number of aromatic nitrogens is 1. The Hall–Kier alpha value is -1.88. The van der Waals surface area contributed by atoms with E-state index < -0.39 is 0 Å². The Kier molecular flexibility index (Phi) is 3.85. The van der Waals surface area contributed by atoms with Gasteiger partial charge in [-0.25, -0.2) is 4.98 Å². The van der Waals surface area contributed by atoms with Gasteiger partial charge in [-0.2, -0.15) is 0 Å². The molecule has 4 nitrogen and oxygen atoms in total. The number of rotatable bonds is 2. The fourth-order valence-corrected chi connectivity index (χ4v) is 2.25. The molecule has 5 heteroatoms. The third-order valence-electron chi connectivity index (χ3n) is 2.83. The second kappa shape index (κ2) is 5.40. The number of nitrogens with two attached hydrogens (primary N) is 1. The Morgan fingerprint density at radius 2 is 2.00 bits per heavy atom. The number of carbonyl (C=O) groups is 1. The van der Waals surface area contributed by atoms with Crippen LogP contribution in [-0.4, -0.2) is 10.9 Å². The van der Waals surface area contributed by atoms with Crippen LogP contribution in [-0.2, 0) is 0 Å². The molecule has 0 saturated heterocycles. The number of nitrogens with one attached hydrogen (secondary N) is 1. The van der Waals surface area contributed by atoms with E-state index >= 15 is 0 Å². The first-order chi connectivity index (χ1) is 8.99. The van der Waals surface area contributed by atoms with Crippen molar-refractivity contribution in [3.05, 3.63) is 51.8 Å². The number of hydrogen-bond acceptors (Lipinski definition) is 3. The smallest absolute Gasteiger partial charge is 0.258 e. The van der Waals surface area contributed by atoms with E-state index in [0.717, 1.165) is 15.9 Å². The lowest BCUT2D eigenvalue weighted by Crippen LogP contribution is -2.16. The number of benzene rings is 1. The highest BCUT2D eigenvalue weighted by atomic mass is 79.9. The zero-order valence-corrected chi connectivity index (χ0v) is 12.3. The summed E-state index contributed by atoms with van der Waals surface area (Å²) >= 11 is 3.29. The van der Waals surface area contributed by atoms with Gasteiger partial charge in [0.1, 0.15) is 4.60 Å². The van der Waals surface area contributed by atoms with E-state index in [0.29, 0.717) is 16.9 Å². The third kappa shape index (κ3) is 2.93. The number of halogens is 1. The molecule has 0 spiro atoms. The van der Waals surface area contributed by atoms with Gasteiger partial charge in [-0.15, -0.1) is 0 Å². The molecule has 3 N–H and O–H groups in total. The largest absolute Gasteiger partial charge is 0.398 e.